The molecule has 0 spiro atoms. The van der Waals surface area contributed by atoms with Crippen molar-refractivity contribution in [3.8, 4) is 0 Å². The van der Waals surface area contributed by atoms with Gasteiger partial charge >= 0.3 is 6.09 Å². The lowest BCUT2D eigenvalue weighted by atomic mass is 10.1. The number of benzene rings is 2. The molecule has 9 nitrogen and oxygen atoms in total. The lowest BCUT2D eigenvalue weighted by Crippen LogP contribution is -2.33. The van der Waals surface area contributed by atoms with E-state index < -0.39 is 33.0 Å². The van der Waals surface area contributed by atoms with Crippen molar-refractivity contribution in [2.24, 2.45) is 0 Å². The van der Waals surface area contributed by atoms with Crippen LogP contribution in [-0.4, -0.2) is 53.7 Å². The maximum absolute atomic E-state index is 13.1. The number of carbonyl (C=O) groups is 6. The summed E-state index contributed by atoms with van der Waals surface area (Å²) in [5.41, 5.74) is 0.503. The maximum Gasteiger partial charge on any atom is 0.414 e. The lowest BCUT2D eigenvalue weighted by molar-refractivity contribution is -0.118. The van der Waals surface area contributed by atoms with E-state index in [-0.39, 0.29) is 53.8 Å². The van der Waals surface area contributed by atoms with Crippen molar-refractivity contribution < 1.29 is 33.5 Å². The summed E-state index contributed by atoms with van der Waals surface area (Å²) in [5, 5.41) is -3.34. The smallest absolute Gasteiger partial charge is 0.414 e. The fraction of sp³-hybridized carbons (Fsp3) is 0.182. The van der Waals surface area contributed by atoms with E-state index >= 15 is 0 Å². The highest BCUT2D eigenvalue weighted by Gasteiger charge is 2.32. The molecule has 0 heterocycles. The standard InChI is InChI=1S/C22H10Cl4I6N2O7/c1-33(16-12(29)6(18(23)36)10(27)7(13(16)30)19(24)37)5(35)3-4-41-22(40)34(2)17-14(31)8(20(25)38)11(28)9(15(17)32)21(26)39/h3-4H2,1-2H3. The van der Waals surface area contributed by atoms with Crippen molar-refractivity contribution in [2.75, 3.05) is 30.5 Å². The number of hydrogen-bond donors (Lipinski definition) is 0. The van der Waals surface area contributed by atoms with Crippen LogP contribution in [0.15, 0.2) is 0 Å². The second kappa shape index (κ2) is 16.3. The Morgan fingerprint density at radius 1 is 0.561 bits per heavy atom. The number of anilines is 2. The van der Waals surface area contributed by atoms with Gasteiger partial charge in [-0.15, -0.1) is 0 Å². The molecule has 2 amide bonds. The largest absolute Gasteiger partial charge is 0.449 e. The summed E-state index contributed by atoms with van der Waals surface area (Å²) in [5.74, 6) is -0.512. The summed E-state index contributed by atoms with van der Waals surface area (Å²) < 4.78 is 7.07. The Labute approximate surface area is 335 Å². The van der Waals surface area contributed by atoms with Crippen molar-refractivity contribution in [3.05, 3.63) is 43.7 Å². The fourth-order valence-electron chi connectivity index (χ4n) is 3.29. The van der Waals surface area contributed by atoms with E-state index in [0.29, 0.717) is 14.3 Å². The number of rotatable bonds is 9. The Bertz CT molecular complexity index is 1350. The Morgan fingerprint density at radius 2 is 0.854 bits per heavy atom. The van der Waals surface area contributed by atoms with Crippen LogP contribution >= 0.6 is 182 Å². The van der Waals surface area contributed by atoms with Gasteiger partial charge in [0.25, 0.3) is 21.0 Å². The molecule has 0 aliphatic carbocycles. The van der Waals surface area contributed by atoms with Gasteiger partial charge in [-0.2, -0.15) is 0 Å². The Hall–Kier alpha value is 1.40. The SMILES string of the molecule is CN(C(=O)CCOC(=O)N(C)c1c(I)c(C(=O)Cl)c(I)c(C(=O)Cl)c1I)c1c(I)c(C(=O)Cl)c(I)c(C(=O)Cl)c1I. The zero-order valence-electron chi connectivity index (χ0n) is 19.9. The summed E-state index contributed by atoms with van der Waals surface area (Å²) in [6.45, 7) is -0.355. The van der Waals surface area contributed by atoms with Gasteiger partial charge in [0, 0.05) is 21.2 Å². The molecule has 0 fully saturated rings. The molecule has 41 heavy (non-hydrogen) atoms. The van der Waals surface area contributed by atoms with E-state index in [0.717, 1.165) is 4.90 Å². The summed E-state index contributed by atoms with van der Waals surface area (Å²) >= 11 is 34.0. The van der Waals surface area contributed by atoms with Crippen LogP contribution in [0.3, 0.4) is 0 Å². The molecule has 0 aromatic heterocycles. The average Bonchev–Trinajstić information content (AvgIpc) is 2.82. The number of carbonyl (C=O) groups excluding carboxylic acids is 6. The number of nitrogens with zero attached hydrogens (tertiary/aromatic N) is 2. The normalized spacial score (nSPS) is 10.7. The van der Waals surface area contributed by atoms with Crippen LogP contribution in [0.25, 0.3) is 0 Å². The first-order valence-electron chi connectivity index (χ1n) is 10.2. The molecule has 2 aromatic rings. The molecular weight excluding hydrogens is 1310 g/mol. The van der Waals surface area contributed by atoms with E-state index in [1.807, 2.05) is 90.4 Å². The van der Waals surface area contributed by atoms with Crippen LogP contribution in [0.4, 0.5) is 16.2 Å². The predicted octanol–water partition coefficient (Wildman–Crippen LogP) is 8.46. The molecule has 0 N–H and O–H groups in total. The monoisotopic (exact) mass is 1320 g/mol. The van der Waals surface area contributed by atoms with Crippen molar-refractivity contribution in [2.45, 2.75) is 6.42 Å². The summed E-state index contributed by atoms with van der Waals surface area (Å²) in [7, 11) is 2.79. The van der Waals surface area contributed by atoms with Crippen LogP contribution in [0.2, 0.25) is 0 Å². The summed E-state index contributed by atoms with van der Waals surface area (Å²) in [6.07, 6.45) is -1.16. The highest BCUT2D eigenvalue weighted by molar-refractivity contribution is 14.1. The third kappa shape index (κ3) is 8.41. The van der Waals surface area contributed by atoms with Gasteiger partial charge in [0.05, 0.1) is 54.3 Å². The highest BCUT2D eigenvalue weighted by Crippen LogP contribution is 2.40. The van der Waals surface area contributed by atoms with Gasteiger partial charge in [0.15, 0.2) is 0 Å². The molecule has 0 unspecified atom stereocenters. The number of hydrogen-bond acceptors (Lipinski definition) is 7. The van der Waals surface area contributed by atoms with Crippen LogP contribution in [0, 0.1) is 21.4 Å². The summed E-state index contributed by atoms with van der Waals surface area (Å²) in [4.78, 5) is 76.7. The van der Waals surface area contributed by atoms with E-state index in [4.69, 9.17) is 51.1 Å². The molecule has 0 bridgehead atoms. The first-order valence-corrected chi connectivity index (χ1v) is 18.2. The maximum atomic E-state index is 13.1. The van der Waals surface area contributed by atoms with Crippen LogP contribution in [0.5, 0.6) is 0 Å². The van der Waals surface area contributed by atoms with Gasteiger partial charge < -0.3 is 9.64 Å². The molecule has 0 aliphatic rings. The minimum absolute atomic E-state index is 0.00931. The molecule has 2 aromatic carbocycles. The zero-order chi connectivity index (χ0) is 31.7. The second-order valence-electron chi connectivity index (χ2n) is 7.55. The van der Waals surface area contributed by atoms with E-state index in [1.54, 1.807) is 45.2 Å². The fourth-order valence-corrected chi connectivity index (χ4v) is 15.1. The predicted molar refractivity (Wildman–Crippen MR) is 208 cm³/mol. The van der Waals surface area contributed by atoms with E-state index in [2.05, 4.69) is 0 Å². The molecule has 2 rings (SSSR count). The average molecular weight is 1320 g/mol. The molecule has 19 heteroatoms. The molecule has 220 valence electrons. The minimum atomic E-state index is -0.887. The molecule has 0 aliphatic heterocycles. The Kier molecular flexibility index (Phi) is 15.3. The van der Waals surface area contributed by atoms with Gasteiger partial charge in [0.1, 0.15) is 6.61 Å². The third-order valence-corrected chi connectivity index (χ3v) is 12.3. The number of ether oxygens (including phenoxy) is 1. The van der Waals surface area contributed by atoms with Gasteiger partial charge in [0.2, 0.25) is 5.91 Å². The Balaban J connectivity index is 2.34. The number of halogens is 10. The number of amides is 2. The zero-order valence-corrected chi connectivity index (χ0v) is 35.9. The van der Waals surface area contributed by atoms with Crippen molar-refractivity contribution in [1.82, 2.24) is 0 Å². The van der Waals surface area contributed by atoms with E-state index in [1.165, 1.54) is 19.0 Å². The van der Waals surface area contributed by atoms with Crippen molar-refractivity contribution >= 4 is 226 Å². The molecule has 0 saturated heterocycles. The van der Waals surface area contributed by atoms with Gasteiger partial charge in [-0.3, -0.25) is 28.9 Å². The molecule has 0 saturated carbocycles. The van der Waals surface area contributed by atoms with E-state index in [9.17, 15) is 28.8 Å². The summed E-state index contributed by atoms with van der Waals surface area (Å²) in [6, 6.07) is 0. The van der Waals surface area contributed by atoms with Crippen molar-refractivity contribution in [1.29, 1.82) is 0 Å². The van der Waals surface area contributed by atoms with Crippen LogP contribution in [0.1, 0.15) is 47.9 Å². The second-order valence-corrected chi connectivity index (χ2v) is 15.4. The van der Waals surface area contributed by atoms with Crippen LogP contribution in [-0.2, 0) is 9.53 Å². The molecular formula is C22H10Cl4I6N2O7. The lowest BCUT2D eigenvalue weighted by Gasteiger charge is -2.25. The Morgan fingerprint density at radius 3 is 1.15 bits per heavy atom. The molecule has 0 atom stereocenters. The van der Waals surface area contributed by atoms with Crippen molar-refractivity contribution in [3.63, 3.8) is 0 Å². The van der Waals surface area contributed by atoms with Gasteiger partial charge in [-0.05, 0) is 182 Å². The minimum Gasteiger partial charge on any atom is -0.449 e. The van der Waals surface area contributed by atoms with Gasteiger partial charge in [-0.25, -0.2) is 4.79 Å². The molecule has 0 radical (unpaired) electrons. The topological polar surface area (TPSA) is 118 Å². The quantitative estimate of drug-likeness (QED) is 0.183. The van der Waals surface area contributed by atoms with Gasteiger partial charge in [-0.1, -0.05) is 0 Å². The highest BCUT2D eigenvalue weighted by atomic mass is 127. The third-order valence-electron chi connectivity index (χ3n) is 5.23. The van der Waals surface area contributed by atoms with Crippen LogP contribution < -0.4 is 9.80 Å². The first kappa shape index (κ1) is 38.6. The first-order chi connectivity index (χ1) is 18.9.